The summed E-state index contributed by atoms with van der Waals surface area (Å²) in [4.78, 5) is 0. The first kappa shape index (κ1) is 13.5. The maximum Gasteiger partial charge on any atom is 0.120 e. The second-order valence-corrected chi connectivity index (χ2v) is 5.12. The lowest BCUT2D eigenvalue weighted by Crippen LogP contribution is -2.03. The van der Waals surface area contributed by atoms with Crippen molar-refractivity contribution >= 4 is 29.1 Å². The zero-order valence-electron chi connectivity index (χ0n) is 9.75. The molecule has 0 saturated carbocycles. The van der Waals surface area contributed by atoms with Crippen LogP contribution in [0.25, 0.3) is 0 Å². The van der Waals surface area contributed by atoms with E-state index in [2.05, 4.69) is 12.2 Å². The van der Waals surface area contributed by atoms with Gasteiger partial charge in [0.15, 0.2) is 0 Å². The minimum atomic E-state index is 0.711. The van der Waals surface area contributed by atoms with Crippen LogP contribution in [0.5, 0.6) is 5.75 Å². The molecule has 0 atom stereocenters. The molecule has 0 aliphatic heterocycles. The number of hydrogen-bond donors (Lipinski definition) is 1. The van der Waals surface area contributed by atoms with Crippen LogP contribution < -0.4 is 10.1 Å². The number of benzene rings is 1. The van der Waals surface area contributed by atoms with Crippen molar-refractivity contribution in [3.8, 4) is 5.75 Å². The van der Waals surface area contributed by atoms with E-state index in [0.29, 0.717) is 5.02 Å². The van der Waals surface area contributed by atoms with E-state index in [1.165, 1.54) is 11.5 Å². The fourth-order valence-electron chi connectivity index (χ4n) is 1.31. The van der Waals surface area contributed by atoms with Crippen molar-refractivity contribution in [2.75, 3.05) is 30.5 Å². The summed E-state index contributed by atoms with van der Waals surface area (Å²) in [7, 11) is 1.64. The van der Waals surface area contributed by atoms with Crippen LogP contribution in [-0.4, -0.2) is 25.2 Å². The molecular formula is C12H18ClNOS. The highest BCUT2D eigenvalue weighted by Gasteiger charge is 2.01. The molecule has 0 unspecified atom stereocenters. The Morgan fingerprint density at radius 1 is 1.44 bits per heavy atom. The number of anilines is 1. The van der Waals surface area contributed by atoms with E-state index in [-0.39, 0.29) is 0 Å². The van der Waals surface area contributed by atoms with E-state index in [1.807, 2.05) is 30.0 Å². The highest BCUT2D eigenvalue weighted by molar-refractivity contribution is 7.99. The zero-order valence-corrected chi connectivity index (χ0v) is 11.3. The summed E-state index contributed by atoms with van der Waals surface area (Å²) < 4.78 is 5.09. The molecule has 0 saturated heterocycles. The van der Waals surface area contributed by atoms with E-state index < -0.39 is 0 Å². The fourth-order valence-corrected chi connectivity index (χ4v) is 2.18. The van der Waals surface area contributed by atoms with Crippen molar-refractivity contribution in [2.24, 2.45) is 0 Å². The molecule has 90 valence electrons. The van der Waals surface area contributed by atoms with Crippen LogP contribution in [-0.2, 0) is 0 Å². The average molecular weight is 260 g/mol. The third-order valence-electron chi connectivity index (χ3n) is 2.16. The number of methoxy groups -OCH3 is 1. The summed E-state index contributed by atoms with van der Waals surface area (Å²) in [6.45, 7) is 3.14. The maximum absolute atomic E-state index is 6.10. The van der Waals surface area contributed by atoms with Crippen molar-refractivity contribution in [3.05, 3.63) is 23.2 Å². The molecular weight excluding hydrogens is 242 g/mol. The van der Waals surface area contributed by atoms with Gasteiger partial charge in [0.1, 0.15) is 5.75 Å². The second kappa shape index (κ2) is 7.69. The van der Waals surface area contributed by atoms with Gasteiger partial charge in [0.2, 0.25) is 0 Å². The monoisotopic (exact) mass is 259 g/mol. The molecule has 2 nitrogen and oxygen atoms in total. The van der Waals surface area contributed by atoms with Gasteiger partial charge in [-0.3, -0.25) is 0 Å². The van der Waals surface area contributed by atoms with Gasteiger partial charge in [-0.25, -0.2) is 0 Å². The van der Waals surface area contributed by atoms with Crippen molar-refractivity contribution in [2.45, 2.75) is 13.3 Å². The maximum atomic E-state index is 6.10. The predicted octanol–water partition coefficient (Wildman–Crippen LogP) is 3.90. The highest BCUT2D eigenvalue weighted by atomic mass is 35.5. The largest absolute Gasteiger partial charge is 0.497 e. The second-order valence-electron chi connectivity index (χ2n) is 3.32. The van der Waals surface area contributed by atoms with Gasteiger partial charge in [-0.1, -0.05) is 18.5 Å². The predicted molar refractivity (Wildman–Crippen MR) is 74.1 cm³/mol. The standard InChI is InChI=1S/C12H18ClNOS/c1-3-16-8-4-7-14-12-6-5-10(15-2)9-11(12)13/h5-6,9,14H,3-4,7-8H2,1-2H3. The average Bonchev–Trinajstić information content (AvgIpc) is 2.30. The smallest absolute Gasteiger partial charge is 0.120 e. The number of hydrogen-bond acceptors (Lipinski definition) is 3. The first-order valence-electron chi connectivity index (χ1n) is 5.43. The lowest BCUT2D eigenvalue weighted by atomic mass is 10.3. The highest BCUT2D eigenvalue weighted by Crippen LogP contribution is 2.26. The summed E-state index contributed by atoms with van der Waals surface area (Å²) in [6.07, 6.45) is 1.15. The Labute approximate surface area is 107 Å². The first-order valence-corrected chi connectivity index (χ1v) is 6.96. The molecule has 0 aromatic heterocycles. The summed E-state index contributed by atoms with van der Waals surface area (Å²) in [5, 5.41) is 4.03. The number of thioether (sulfide) groups is 1. The van der Waals surface area contributed by atoms with E-state index in [4.69, 9.17) is 16.3 Å². The van der Waals surface area contributed by atoms with Crippen LogP contribution in [0, 0.1) is 0 Å². The van der Waals surface area contributed by atoms with Gasteiger partial charge in [0, 0.05) is 12.6 Å². The number of rotatable bonds is 7. The molecule has 0 bridgehead atoms. The number of nitrogens with one attached hydrogen (secondary N) is 1. The lowest BCUT2D eigenvalue weighted by Gasteiger charge is -2.09. The number of halogens is 1. The molecule has 1 aromatic carbocycles. The lowest BCUT2D eigenvalue weighted by molar-refractivity contribution is 0.415. The molecule has 0 amide bonds. The van der Waals surface area contributed by atoms with Gasteiger partial charge in [-0.15, -0.1) is 0 Å². The molecule has 0 aliphatic rings. The van der Waals surface area contributed by atoms with E-state index in [1.54, 1.807) is 7.11 Å². The molecule has 0 aliphatic carbocycles. The summed E-state index contributed by atoms with van der Waals surface area (Å²) in [5.41, 5.74) is 0.976. The van der Waals surface area contributed by atoms with Crippen LogP contribution in [0.15, 0.2) is 18.2 Å². The normalized spacial score (nSPS) is 10.2. The van der Waals surface area contributed by atoms with Gasteiger partial charge < -0.3 is 10.1 Å². The number of ether oxygens (including phenoxy) is 1. The van der Waals surface area contributed by atoms with Crippen LogP contribution in [0.3, 0.4) is 0 Å². The minimum Gasteiger partial charge on any atom is -0.497 e. The Morgan fingerprint density at radius 3 is 2.88 bits per heavy atom. The van der Waals surface area contributed by atoms with Crippen molar-refractivity contribution in [3.63, 3.8) is 0 Å². The van der Waals surface area contributed by atoms with Crippen molar-refractivity contribution in [1.29, 1.82) is 0 Å². The van der Waals surface area contributed by atoms with Crippen molar-refractivity contribution in [1.82, 2.24) is 0 Å². The summed E-state index contributed by atoms with van der Waals surface area (Å²) in [5.74, 6) is 3.16. The SMILES string of the molecule is CCSCCCNc1ccc(OC)cc1Cl. The topological polar surface area (TPSA) is 21.3 Å². The Morgan fingerprint density at radius 2 is 2.25 bits per heavy atom. The Hall–Kier alpha value is -0.540. The van der Waals surface area contributed by atoms with Crippen LogP contribution in [0.4, 0.5) is 5.69 Å². The van der Waals surface area contributed by atoms with Gasteiger partial charge in [0.05, 0.1) is 17.8 Å². The van der Waals surface area contributed by atoms with E-state index in [0.717, 1.165) is 24.4 Å². The van der Waals surface area contributed by atoms with Crippen LogP contribution in [0.2, 0.25) is 5.02 Å². The molecule has 4 heteroatoms. The van der Waals surface area contributed by atoms with E-state index >= 15 is 0 Å². The molecule has 1 N–H and O–H groups in total. The van der Waals surface area contributed by atoms with E-state index in [9.17, 15) is 0 Å². The van der Waals surface area contributed by atoms with Gasteiger partial charge in [0.25, 0.3) is 0 Å². The Balaban J connectivity index is 2.36. The summed E-state index contributed by atoms with van der Waals surface area (Å²) in [6, 6.07) is 5.69. The van der Waals surface area contributed by atoms with Crippen LogP contribution in [0.1, 0.15) is 13.3 Å². The third-order valence-corrected chi connectivity index (χ3v) is 3.46. The fraction of sp³-hybridized carbons (Fsp3) is 0.500. The van der Waals surface area contributed by atoms with Gasteiger partial charge in [-0.2, -0.15) is 11.8 Å². The molecule has 0 radical (unpaired) electrons. The first-order chi connectivity index (χ1) is 7.77. The van der Waals surface area contributed by atoms with Gasteiger partial charge in [-0.05, 0) is 30.1 Å². The molecule has 0 fully saturated rings. The zero-order chi connectivity index (χ0) is 11.8. The van der Waals surface area contributed by atoms with Crippen LogP contribution >= 0.6 is 23.4 Å². The Bertz CT molecular complexity index is 320. The van der Waals surface area contributed by atoms with Crippen molar-refractivity contribution < 1.29 is 4.74 Å². The molecule has 1 aromatic rings. The molecule has 0 heterocycles. The minimum absolute atomic E-state index is 0.711. The Kier molecular flexibility index (Phi) is 6.50. The molecule has 16 heavy (non-hydrogen) atoms. The molecule has 0 spiro atoms. The third kappa shape index (κ3) is 4.54. The quantitative estimate of drug-likeness (QED) is 0.751. The molecule has 1 rings (SSSR count). The van der Waals surface area contributed by atoms with Gasteiger partial charge >= 0.3 is 0 Å². The summed E-state index contributed by atoms with van der Waals surface area (Å²) >= 11 is 8.06.